The molecule has 1 aliphatic rings. The van der Waals surface area contributed by atoms with Crippen LogP contribution in [0.15, 0.2) is 27.1 Å². The van der Waals surface area contributed by atoms with Gasteiger partial charge in [0.1, 0.15) is 0 Å². The maximum absolute atomic E-state index is 12.4. The Bertz CT molecular complexity index is 567. The molecule has 0 aliphatic carbocycles. The molecule has 0 radical (unpaired) electrons. The molecule has 1 N–H and O–H groups in total. The van der Waals surface area contributed by atoms with E-state index in [1.165, 1.54) is 0 Å². The molecule has 2 amide bonds. The summed E-state index contributed by atoms with van der Waals surface area (Å²) in [6.45, 7) is 5.14. The minimum absolute atomic E-state index is 0.0177. The zero-order valence-corrected chi connectivity index (χ0v) is 15.9. The van der Waals surface area contributed by atoms with Crippen molar-refractivity contribution < 1.29 is 9.59 Å². The van der Waals surface area contributed by atoms with Crippen molar-refractivity contribution in [3.8, 4) is 0 Å². The Morgan fingerprint density at radius 2 is 1.86 bits per heavy atom. The van der Waals surface area contributed by atoms with Gasteiger partial charge in [-0.3, -0.25) is 9.59 Å². The molecule has 1 fully saturated rings. The van der Waals surface area contributed by atoms with Crippen LogP contribution < -0.4 is 5.32 Å². The fraction of sp³-hybridized carbons (Fsp3) is 0.500. The number of carbonyl (C=O) groups is 2. The molecular formula is C16H20Br2N2O2. The van der Waals surface area contributed by atoms with Gasteiger partial charge in [-0.25, -0.2) is 0 Å². The van der Waals surface area contributed by atoms with Crippen LogP contribution >= 0.6 is 31.9 Å². The largest absolute Gasteiger partial charge is 0.342 e. The molecule has 0 unspecified atom stereocenters. The molecule has 0 saturated carbocycles. The molecule has 0 atom stereocenters. The average molecular weight is 432 g/mol. The van der Waals surface area contributed by atoms with Gasteiger partial charge in [-0.05, 0) is 47.0 Å². The summed E-state index contributed by atoms with van der Waals surface area (Å²) < 4.78 is 1.81. The average Bonchev–Trinajstić information content (AvgIpc) is 2.49. The van der Waals surface area contributed by atoms with Crippen LogP contribution in [0.5, 0.6) is 0 Å². The first-order chi connectivity index (χ1) is 10.4. The quantitative estimate of drug-likeness (QED) is 0.784. The highest BCUT2D eigenvalue weighted by Gasteiger charge is 2.28. The van der Waals surface area contributed by atoms with Crippen LogP contribution in [0.4, 0.5) is 5.69 Å². The summed E-state index contributed by atoms with van der Waals surface area (Å²) in [7, 11) is 0. The highest BCUT2D eigenvalue weighted by Crippen LogP contribution is 2.28. The van der Waals surface area contributed by atoms with E-state index in [9.17, 15) is 9.59 Å². The van der Waals surface area contributed by atoms with Crippen LogP contribution in [0, 0.1) is 11.8 Å². The van der Waals surface area contributed by atoms with Gasteiger partial charge in [0.15, 0.2) is 0 Å². The van der Waals surface area contributed by atoms with E-state index in [1.807, 2.05) is 36.9 Å². The molecule has 6 heteroatoms. The second-order valence-electron chi connectivity index (χ2n) is 5.87. The first-order valence-electron chi connectivity index (χ1n) is 7.43. The van der Waals surface area contributed by atoms with Crippen molar-refractivity contribution in [3.05, 3.63) is 27.1 Å². The van der Waals surface area contributed by atoms with Crippen molar-refractivity contribution in [1.29, 1.82) is 0 Å². The molecule has 0 bridgehead atoms. The summed E-state index contributed by atoms with van der Waals surface area (Å²) >= 11 is 6.84. The number of anilines is 1. The maximum Gasteiger partial charge on any atom is 0.227 e. The van der Waals surface area contributed by atoms with E-state index in [0.29, 0.717) is 13.1 Å². The van der Waals surface area contributed by atoms with Gasteiger partial charge in [-0.2, -0.15) is 0 Å². The van der Waals surface area contributed by atoms with Crippen molar-refractivity contribution in [2.24, 2.45) is 11.8 Å². The lowest BCUT2D eigenvalue weighted by atomic mass is 9.95. The highest BCUT2D eigenvalue weighted by atomic mass is 79.9. The van der Waals surface area contributed by atoms with Gasteiger partial charge < -0.3 is 10.2 Å². The fourth-order valence-corrected chi connectivity index (χ4v) is 3.70. The van der Waals surface area contributed by atoms with Crippen molar-refractivity contribution >= 4 is 49.4 Å². The predicted molar refractivity (Wildman–Crippen MR) is 94.6 cm³/mol. The molecule has 1 aliphatic heterocycles. The summed E-state index contributed by atoms with van der Waals surface area (Å²) in [6.07, 6.45) is 1.44. The maximum atomic E-state index is 12.4. The number of piperidine rings is 1. The number of nitrogens with one attached hydrogen (secondary N) is 1. The van der Waals surface area contributed by atoms with Gasteiger partial charge in [0.25, 0.3) is 0 Å². The van der Waals surface area contributed by atoms with Gasteiger partial charge in [-0.1, -0.05) is 29.8 Å². The second kappa shape index (κ2) is 7.59. The number of halogens is 2. The number of carbonyl (C=O) groups excluding carboxylic acids is 2. The number of amides is 2. The number of hydrogen-bond donors (Lipinski definition) is 1. The van der Waals surface area contributed by atoms with E-state index in [-0.39, 0.29) is 23.7 Å². The Balaban J connectivity index is 1.91. The lowest BCUT2D eigenvalue weighted by Gasteiger charge is -2.32. The normalized spacial score (nSPS) is 16.0. The number of nitrogens with zero attached hydrogens (tertiary/aromatic N) is 1. The smallest absolute Gasteiger partial charge is 0.227 e. The molecule has 2 rings (SSSR count). The van der Waals surface area contributed by atoms with E-state index in [2.05, 4.69) is 37.2 Å². The molecular weight excluding hydrogens is 412 g/mol. The molecule has 22 heavy (non-hydrogen) atoms. The second-order valence-corrected chi connectivity index (χ2v) is 7.64. The standard InChI is InChI=1S/C16H20Br2N2O2/c1-10(2)16(22)20-7-5-11(6-8-20)15(21)19-14-4-3-12(17)9-13(14)18/h3-4,9-11H,5-8H2,1-2H3,(H,19,21). The number of benzene rings is 1. The van der Waals surface area contributed by atoms with Crippen molar-refractivity contribution in [2.75, 3.05) is 18.4 Å². The zero-order valence-electron chi connectivity index (χ0n) is 12.7. The Hall–Kier alpha value is -0.880. The third-order valence-electron chi connectivity index (χ3n) is 3.86. The van der Waals surface area contributed by atoms with Crippen LogP contribution in [0.2, 0.25) is 0 Å². The molecule has 0 spiro atoms. The summed E-state index contributed by atoms with van der Waals surface area (Å²) in [5.74, 6) is 0.185. The topological polar surface area (TPSA) is 49.4 Å². The van der Waals surface area contributed by atoms with Crippen LogP contribution in [-0.4, -0.2) is 29.8 Å². The van der Waals surface area contributed by atoms with E-state index in [0.717, 1.165) is 27.5 Å². The molecule has 1 saturated heterocycles. The van der Waals surface area contributed by atoms with Gasteiger partial charge in [0, 0.05) is 33.9 Å². The van der Waals surface area contributed by atoms with Crippen LogP contribution in [0.3, 0.4) is 0 Å². The first-order valence-corrected chi connectivity index (χ1v) is 9.01. The summed E-state index contributed by atoms with van der Waals surface area (Å²) in [5.41, 5.74) is 0.772. The Morgan fingerprint density at radius 3 is 2.41 bits per heavy atom. The summed E-state index contributed by atoms with van der Waals surface area (Å²) in [4.78, 5) is 26.2. The van der Waals surface area contributed by atoms with Gasteiger partial charge >= 0.3 is 0 Å². The SMILES string of the molecule is CC(C)C(=O)N1CCC(C(=O)Nc2ccc(Br)cc2Br)CC1. The summed E-state index contributed by atoms with van der Waals surface area (Å²) in [6, 6.07) is 5.66. The Labute approximate surface area is 147 Å². The Morgan fingerprint density at radius 1 is 1.23 bits per heavy atom. The van der Waals surface area contributed by atoms with Gasteiger partial charge in [-0.15, -0.1) is 0 Å². The molecule has 1 aromatic carbocycles. The number of likely N-dealkylation sites (tertiary alicyclic amines) is 1. The molecule has 1 aromatic rings. The highest BCUT2D eigenvalue weighted by molar-refractivity contribution is 9.11. The van der Waals surface area contributed by atoms with Crippen LogP contribution in [0.25, 0.3) is 0 Å². The van der Waals surface area contributed by atoms with Crippen molar-refractivity contribution in [2.45, 2.75) is 26.7 Å². The molecule has 120 valence electrons. The summed E-state index contributed by atoms with van der Waals surface area (Å²) in [5, 5.41) is 2.96. The third-order valence-corrected chi connectivity index (χ3v) is 5.01. The zero-order chi connectivity index (χ0) is 16.3. The Kier molecular flexibility index (Phi) is 6.03. The number of rotatable bonds is 3. The molecule has 0 aromatic heterocycles. The first kappa shape index (κ1) is 17.5. The van der Waals surface area contributed by atoms with Crippen LogP contribution in [0.1, 0.15) is 26.7 Å². The van der Waals surface area contributed by atoms with Crippen molar-refractivity contribution in [3.63, 3.8) is 0 Å². The minimum atomic E-state index is -0.0354. The minimum Gasteiger partial charge on any atom is -0.342 e. The third kappa shape index (κ3) is 4.32. The van der Waals surface area contributed by atoms with E-state index in [4.69, 9.17) is 0 Å². The lowest BCUT2D eigenvalue weighted by molar-refractivity contribution is -0.137. The predicted octanol–water partition coefficient (Wildman–Crippen LogP) is 4.04. The van der Waals surface area contributed by atoms with Gasteiger partial charge in [0.2, 0.25) is 11.8 Å². The molecule has 1 heterocycles. The monoisotopic (exact) mass is 430 g/mol. The van der Waals surface area contributed by atoms with Gasteiger partial charge in [0.05, 0.1) is 5.69 Å². The molecule has 4 nitrogen and oxygen atoms in total. The lowest BCUT2D eigenvalue weighted by Crippen LogP contribution is -2.43. The van der Waals surface area contributed by atoms with E-state index < -0.39 is 0 Å². The van der Waals surface area contributed by atoms with Crippen LogP contribution in [-0.2, 0) is 9.59 Å². The number of hydrogen-bond acceptors (Lipinski definition) is 2. The fourth-order valence-electron chi connectivity index (χ4n) is 2.55. The van der Waals surface area contributed by atoms with E-state index >= 15 is 0 Å². The van der Waals surface area contributed by atoms with E-state index in [1.54, 1.807) is 0 Å². The van der Waals surface area contributed by atoms with Crippen molar-refractivity contribution in [1.82, 2.24) is 4.90 Å².